The van der Waals surface area contributed by atoms with E-state index in [-0.39, 0.29) is 18.5 Å². The molecule has 0 aliphatic carbocycles. The Morgan fingerprint density at radius 1 is 1.69 bits per heavy atom. The van der Waals surface area contributed by atoms with Crippen LogP contribution in [-0.2, 0) is 4.79 Å². The Balaban J connectivity index is 2.63. The molecular formula is C7H14N4O2. The van der Waals surface area contributed by atoms with Gasteiger partial charge in [-0.05, 0) is 0 Å². The second-order valence-corrected chi connectivity index (χ2v) is 2.95. The fourth-order valence-corrected chi connectivity index (χ4v) is 1.13. The van der Waals surface area contributed by atoms with Crippen molar-refractivity contribution in [3.63, 3.8) is 0 Å². The van der Waals surface area contributed by atoms with Crippen LogP contribution in [0.3, 0.4) is 0 Å². The van der Waals surface area contributed by atoms with E-state index in [0.717, 1.165) is 4.90 Å². The van der Waals surface area contributed by atoms with E-state index in [1.807, 2.05) is 6.92 Å². The van der Waals surface area contributed by atoms with Crippen molar-refractivity contribution in [3.05, 3.63) is 0 Å². The third-order valence-electron chi connectivity index (χ3n) is 2.10. The van der Waals surface area contributed by atoms with E-state index in [4.69, 9.17) is 5.84 Å². The molecule has 0 bridgehead atoms. The number of carbonyl (C=O) groups excluding carboxylic acids is 2. The van der Waals surface area contributed by atoms with Crippen LogP contribution in [0.5, 0.6) is 0 Å². The second kappa shape index (κ2) is 3.71. The van der Waals surface area contributed by atoms with Gasteiger partial charge < -0.3 is 5.32 Å². The first-order valence-corrected chi connectivity index (χ1v) is 4.14. The lowest BCUT2D eigenvalue weighted by Crippen LogP contribution is -2.60. The molecule has 1 fully saturated rings. The highest BCUT2D eigenvalue weighted by atomic mass is 16.2. The number of nitrogens with zero attached hydrogens (tertiary/aromatic N) is 2. The van der Waals surface area contributed by atoms with Crippen molar-refractivity contribution < 1.29 is 9.59 Å². The van der Waals surface area contributed by atoms with E-state index < -0.39 is 6.03 Å². The van der Waals surface area contributed by atoms with Gasteiger partial charge in [0.2, 0.25) is 5.91 Å². The molecule has 0 aromatic carbocycles. The Hall–Kier alpha value is -1.14. The summed E-state index contributed by atoms with van der Waals surface area (Å²) in [6.07, 6.45) is -0.145. The van der Waals surface area contributed by atoms with Crippen LogP contribution in [0.2, 0.25) is 0 Å². The number of amides is 3. The topological polar surface area (TPSA) is 78.7 Å². The van der Waals surface area contributed by atoms with Gasteiger partial charge in [-0.25, -0.2) is 9.80 Å². The number of nitrogens with one attached hydrogen (secondary N) is 1. The Kier molecular flexibility index (Phi) is 2.84. The molecule has 0 radical (unpaired) electrons. The quantitative estimate of drug-likeness (QED) is 0.432. The molecule has 1 heterocycles. The predicted octanol–water partition coefficient (Wildman–Crippen LogP) is -0.920. The van der Waals surface area contributed by atoms with E-state index in [9.17, 15) is 9.59 Å². The van der Waals surface area contributed by atoms with E-state index in [1.165, 1.54) is 12.1 Å². The maximum absolute atomic E-state index is 11.2. The number of urea groups is 1. The molecule has 0 spiro atoms. The highest BCUT2D eigenvalue weighted by Gasteiger charge is 2.30. The Bertz CT molecular complexity index is 213. The molecule has 3 amide bonds. The monoisotopic (exact) mass is 186 g/mol. The molecule has 1 saturated heterocycles. The number of nitrogens with two attached hydrogens (primary N) is 1. The molecule has 6 heteroatoms. The fourth-order valence-electron chi connectivity index (χ4n) is 1.13. The van der Waals surface area contributed by atoms with Crippen molar-refractivity contribution in [2.45, 2.75) is 19.5 Å². The van der Waals surface area contributed by atoms with Crippen molar-refractivity contribution >= 4 is 11.9 Å². The van der Waals surface area contributed by atoms with Crippen LogP contribution in [0.15, 0.2) is 0 Å². The first kappa shape index (κ1) is 9.94. The molecule has 1 aliphatic heterocycles. The van der Waals surface area contributed by atoms with Crippen LogP contribution >= 0.6 is 0 Å². The SMILES string of the molecule is CCN(N)C1CC(=O)N(C)C(=O)N1. The summed E-state index contributed by atoms with van der Waals surface area (Å²) < 4.78 is 0. The molecule has 1 atom stereocenters. The molecular weight excluding hydrogens is 172 g/mol. The summed E-state index contributed by atoms with van der Waals surface area (Å²) in [6.45, 7) is 2.44. The largest absolute Gasteiger partial charge is 0.325 e. The minimum absolute atomic E-state index is 0.211. The normalized spacial score (nSPS) is 23.7. The number of hydrazine groups is 1. The molecule has 1 rings (SSSR count). The molecule has 0 aromatic heterocycles. The number of rotatable bonds is 2. The van der Waals surface area contributed by atoms with Crippen molar-refractivity contribution in [2.75, 3.05) is 13.6 Å². The van der Waals surface area contributed by atoms with Gasteiger partial charge in [0.05, 0.1) is 6.42 Å². The van der Waals surface area contributed by atoms with Gasteiger partial charge in [-0.1, -0.05) is 6.92 Å². The first-order chi connectivity index (χ1) is 6.06. The van der Waals surface area contributed by atoms with Gasteiger partial charge in [-0.15, -0.1) is 0 Å². The average molecular weight is 186 g/mol. The Morgan fingerprint density at radius 2 is 2.31 bits per heavy atom. The minimum atomic E-state index is -0.398. The third kappa shape index (κ3) is 1.96. The number of carbonyl (C=O) groups is 2. The summed E-state index contributed by atoms with van der Waals surface area (Å²) >= 11 is 0. The van der Waals surface area contributed by atoms with Crippen molar-refractivity contribution in [1.29, 1.82) is 0 Å². The maximum atomic E-state index is 11.2. The summed E-state index contributed by atoms with van der Waals surface area (Å²) in [5.74, 6) is 5.35. The first-order valence-electron chi connectivity index (χ1n) is 4.14. The summed E-state index contributed by atoms with van der Waals surface area (Å²) in [5, 5.41) is 4.05. The summed E-state index contributed by atoms with van der Waals surface area (Å²) in [5.41, 5.74) is 0. The zero-order chi connectivity index (χ0) is 10.0. The van der Waals surface area contributed by atoms with Crippen molar-refractivity contribution in [2.24, 2.45) is 5.84 Å². The average Bonchev–Trinajstić information content (AvgIpc) is 2.12. The second-order valence-electron chi connectivity index (χ2n) is 2.95. The molecule has 0 saturated carbocycles. The Labute approximate surface area is 76.6 Å². The lowest BCUT2D eigenvalue weighted by atomic mass is 10.2. The van der Waals surface area contributed by atoms with Crippen LogP contribution in [0, 0.1) is 0 Å². The highest BCUT2D eigenvalue weighted by Crippen LogP contribution is 2.06. The van der Waals surface area contributed by atoms with Gasteiger partial charge in [0.15, 0.2) is 0 Å². The zero-order valence-corrected chi connectivity index (χ0v) is 7.78. The molecule has 74 valence electrons. The van der Waals surface area contributed by atoms with E-state index in [0.29, 0.717) is 6.54 Å². The summed E-state index contributed by atoms with van der Waals surface area (Å²) in [6, 6.07) is -0.398. The van der Waals surface area contributed by atoms with Crippen molar-refractivity contribution in [3.8, 4) is 0 Å². The van der Waals surface area contributed by atoms with Crippen LogP contribution in [-0.4, -0.2) is 41.6 Å². The maximum Gasteiger partial charge on any atom is 0.325 e. The zero-order valence-electron chi connectivity index (χ0n) is 7.78. The number of imide groups is 1. The van der Waals surface area contributed by atoms with Crippen LogP contribution < -0.4 is 11.2 Å². The highest BCUT2D eigenvalue weighted by molar-refractivity contribution is 5.96. The van der Waals surface area contributed by atoms with E-state index in [1.54, 1.807) is 0 Å². The molecule has 1 unspecified atom stereocenters. The van der Waals surface area contributed by atoms with Crippen molar-refractivity contribution in [1.82, 2.24) is 15.2 Å². The number of hydrogen-bond donors (Lipinski definition) is 2. The molecule has 13 heavy (non-hydrogen) atoms. The fraction of sp³-hybridized carbons (Fsp3) is 0.714. The van der Waals surface area contributed by atoms with Gasteiger partial charge in [-0.3, -0.25) is 15.5 Å². The number of hydrogen-bond acceptors (Lipinski definition) is 4. The van der Waals surface area contributed by atoms with Gasteiger partial charge >= 0.3 is 6.03 Å². The van der Waals surface area contributed by atoms with Gasteiger partial charge in [-0.2, -0.15) is 0 Å². The summed E-state index contributed by atoms with van der Waals surface area (Å²) in [4.78, 5) is 23.4. The van der Waals surface area contributed by atoms with Gasteiger partial charge in [0.1, 0.15) is 6.17 Å². The standard InChI is InChI=1S/C7H14N4O2/c1-3-11(8)5-4-6(12)10(2)7(13)9-5/h5H,3-4,8H2,1-2H3,(H,9,13). The van der Waals surface area contributed by atoms with Crippen LogP contribution in [0.4, 0.5) is 4.79 Å². The Morgan fingerprint density at radius 3 is 2.77 bits per heavy atom. The third-order valence-corrected chi connectivity index (χ3v) is 2.10. The molecule has 3 N–H and O–H groups in total. The van der Waals surface area contributed by atoms with E-state index >= 15 is 0 Å². The molecule has 6 nitrogen and oxygen atoms in total. The minimum Gasteiger partial charge on any atom is -0.320 e. The molecule has 1 aliphatic rings. The smallest absolute Gasteiger partial charge is 0.320 e. The van der Waals surface area contributed by atoms with Crippen LogP contribution in [0.25, 0.3) is 0 Å². The molecule has 0 aromatic rings. The van der Waals surface area contributed by atoms with Gasteiger partial charge in [0, 0.05) is 13.6 Å². The van der Waals surface area contributed by atoms with Gasteiger partial charge in [0.25, 0.3) is 0 Å². The van der Waals surface area contributed by atoms with Crippen LogP contribution in [0.1, 0.15) is 13.3 Å². The summed E-state index contributed by atoms with van der Waals surface area (Å²) in [7, 11) is 1.45. The lowest BCUT2D eigenvalue weighted by molar-refractivity contribution is -0.130. The van der Waals surface area contributed by atoms with E-state index in [2.05, 4.69) is 5.32 Å². The lowest BCUT2D eigenvalue weighted by Gasteiger charge is -2.33. The predicted molar refractivity (Wildman–Crippen MR) is 46.3 cm³/mol.